The maximum Gasteiger partial charge on any atom is 0.178 e. The molecule has 0 amide bonds. The molecule has 0 saturated carbocycles. The van der Waals surface area contributed by atoms with Crippen LogP contribution in [0.5, 0.6) is 0 Å². The zero-order valence-corrected chi connectivity index (χ0v) is 24.8. The number of nitrogens with zero attached hydrogens (tertiary/aromatic N) is 7. The lowest BCUT2D eigenvalue weighted by atomic mass is 10.0. The Morgan fingerprint density at radius 3 is 1.79 bits per heavy atom. The summed E-state index contributed by atoms with van der Waals surface area (Å²) in [4.78, 5) is 33.4. The molecule has 0 saturated heterocycles. The van der Waals surface area contributed by atoms with Gasteiger partial charge >= 0.3 is 0 Å². The molecule has 0 aliphatic carbocycles. The Labute approximate surface area is 268 Å². The molecule has 5 heterocycles. The molecule has 47 heavy (non-hydrogen) atoms. The van der Waals surface area contributed by atoms with Crippen LogP contribution in [0.3, 0.4) is 0 Å². The monoisotopic (exact) mass is 605 g/mol. The first-order valence-corrected chi connectivity index (χ1v) is 15.1. The molecule has 4 aromatic carbocycles. The van der Waals surface area contributed by atoms with Crippen molar-refractivity contribution in [1.82, 2.24) is 34.9 Å². The summed E-state index contributed by atoms with van der Waals surface area (Å²) in [5, 5.41) is 2.84. The fourth-order valence-electron chi connectivity index (χ4n) is 5.75. The van der Waals surface area contributed by atoms with Crippen LogP contribution in [0.2, 0.25) is 0 Å². The fraction of sp³-hybridized carbons (Fsp3) is 0. The summed E-state index contributed by atoms with van der Waals surface area (Å²) in [7, 11) is 0. The lowest BCUT2D eigenvalue weighted by Crippen LogP contribution is -2.00. The molecule has 0 spiro atoms. The van der Waals surface area contributed by atoms with Crippen molar-refractivity contribution in [3.05, 3.63) is 140 Å². The molecule has 9 rings (SSSR count). The topological polar surface area (TPSA) is 103 Å². The van der Waals surface area contributed by atoms with E-state index in [9.17, 15) is 0 Å². The minimum absolute atomic E-state index is 0.541. The molecule has 0 unspecified atom stereocenters. The van der Waals surface area contributed by atoms with Crippen molar-refractivity contribution in [2.75, 3.05) is 0 Å². The Balaban J connectivity index is 1.19. The lowest BCUT2D eigenvalue weighted by Gasteiger charge is -2.10. The molecule has 0 aliphatic heterocycles. The summed E-state index contributed by atoms with van der Waals surface area (Å²) in [6.07, 6.45) is 5.32. The highest BCUT2D eigenvalue weighted by atomic mass is 16.3. The second-order valence-corrected chi connectivity index (χ2v) is 11.1. The molecule has 0 fully saturated rings. The number of hydrogen-bond donors (Lipinski definition) is 0. The van der Waals surface area contributed by atoms with E-state index < -0.39 is 0 Å². The van der Waals surface area contributed by atoms with Gasteiger partial charge in [0.25, 0.3) is 0 Å². The fourth-order valence-corrected chi connectivity index (χ4v) is 5.75. The average molecular weight is 606 g/mol. The van der Waals surface area contributed by atoms with Crippen LogP contribution in [-0.2, 0) is 0 Å². The lowest BCUT2D eigenvalue weighted by molar-refractivity contribution is 0.666. The van der Waals surface area contributed by atoms with E-state index in [1.54, 1.807) is 12.4 Å². The van der Waals surface area contributed by atoms with E-state index >= 15 is 0 Å². The standard InChI is InChI=1S/C39H23N7O/c1-3-9-25(10-4-1)36-44-37(26-11-5-2-6-12-26)46-38(45-36)27-17-15-24(16-18-27)34-35-30(29-19-20-40-23-33(29)47-35)21-32(42-34)39-41-22-28-13-7-8-14-31(28)43-39/h1-23H. The molecular weight excluding hydrogens is 582 g/mol. The van der Waals surface area contributed by atoms with Crippen molar-refractivity contribution in [3.8, 4) is 56.9 Å². The van der Waals surface area contributed by atoms with Gasteiger partial charge in [-0.05, 0) is 18.2 Å². The Hall–Kier alpha value is -6.67. The quantitative estimate of drug-likeness (QED) is 0.192. The van der Waals surface area contributed by atoms with E-state index in [-0.39, 0.29) is 0 Å². The molecule has 0 aliphatic rings. The molecule has 8 nitrogen and oxygen atoms in total. The van der Waals surface area contributed by atoms with Crippen molar-refractivity contribution in [3.63, 3.8) is 0 Å². The molecule has 0 atom stereocenters. The van der Waals surface area contributed by atoms with Crippen LogP contribution in [0.1, 0.15) is 0 Å². The molecule has 8 heteroatoms. The van der Waals surface area contributed by atoms with Gasteiger partial charge in [0, 0.05) is 50.8 Å². The predicted octanol–water partition coefficient (Wildman–Crippen LogP) is 8.84. The third-order valence-corrected chi connectivity index (χ3v) is 8.09. The van der Waals surface area contributed by atoms with E-state index in [0.717, 1.165) is 43.9 Å². The van der Waals surface area contributed by atoms with Gasteiger partial charge in [0.2, 0.25) is 0 Å². The second kappa shape index (κ2) is 11.0. The summed E-state index contributed by atoms with van der Waals surface area (Å²) in [5.74, 6) is 2.34. The highest BCUT2D eigenvalue weighted by molar-refractivity contribution is 6.09. The van der Waals surface area contributed by atoms with Crippen LogP contribution in [-0.4, -0.2) is 34.9 Å². The zero-order chi connectivity index (χ0) is 31.2. The zero-order valence-electron chi connectivity index (χ0n) is 24.8. The maximum atomic E-state index is 6.34. The first kappa shape index (κ1) is 26.7. The number of aromatic nitrogens is 7. The third kappa shape index (κ3) is 4.85. The predicted molar refractivity (Wildman–Crippen MR) is 183 cm³/mol. The van der Waals surface area contributed by atoms with E-state index in [1.165, 1.54) is 0 Å². The van der Waals surface area contributed by atoms with Gasteiger partial charge in [-0.1, -0.05) is 103 Å². The number of hydrogen-bond acceptors (Lipinski definition) is 8. The van der Waals surface area contributed by atoms with Crippen LogP contribution in [0.25, 0.3) is 89.8 Å². The number of rotatable bonds is 5. The summed E-state index contributed by atoms with van der Waals surface area (Å²) < 4.78 is 6.34. The van der Waals surface area contributed by atoms with Gasteiger partial charge in [-0.3, -0.25) is 4.98 Å². The number of furan rings is 1. The molecule has 5 aromatic heterocycles. The van der Waals surface area contributed by atoms with Crippen LogP contribution in [0.15, 0.2) is 144 Å². The van der Waals surface area contributed by atoms with E-state index in [2.05, 4.69) is 9.97 Å². The van der Waals surface area contributed by atoms with Gasteiger partial charge in [0.05, 0.1) is 11.7 Å². The van der Waals surface area contributed by atoms with Crippen LogP contribution in [0.4, 0.5) is 0 Å². The molecule has 9 aromatic rings. The normalized spacial score (nSPS) is 11.4. The van der Waals surface area contributed by atoms with Crippen LogP contribution >= 0.6 is 0 Å². The molecular formula is C39H23N7O. The number of fused-ring (bicyclic) bond motifs is 4. The first-order chi connectivity index (χ1) is 23.3. The minimum Gasteiger partial charge on any atom is -0.452 e. The van der Waals surface area contributed by atoms with Gasteiger partial charge in [-0.2, -0.15) is 0 Å². The largest absolute Gasteiger partial charge is 0.452 e. The van der Waals surface area contributed by atoms with Crippen molar-refractivity contribution in [2.24, 2.45) is 0 Å². The summed E-state index contributed by atoms with van der Waals surface area (Å²) in [6, 6.07) is 39.8. The highest BCUT2D eigenvalue weighted by Crippen LogP contribution is 2.37. The van der Waals surface area contributed by atoms with Gasteiger partial charge in [-0.25, -0.2) is 29.9 Å². The van der Waals surface area contributed by atoms with Gasteiger partial charge in [0.1, 0.15) is 11.4 Å². The second-order valence-electron chi connectivity index (χ2n) is 11.1. The van der Waals surface area contributed by atoms with Crippen molar-refractivity contribution in [2.45, 2.75) is 0 Å². The Morgan fingerprint density at radius 1 is 0.468 bits per heavy atom. The molecule has 0 radical (unpaired) electrons. The molecule has 220 valence electrons. The molecule has 0 N–H and O–H groups in total. The molecule has 0 bridgehead atoms. The van der Waals surface area contributed by atoms with Crippen molar-refractivity contribution >= 4 is 32.8 Å². The van der Waals surface area contributed by atoms with Crippen LogP contribution < -0.4 is 0 Å². The van der Waals surface area contributed by atoms with E-state index in [4.69, 9.17) is 29.3 Å². The first-order valence-electron chi connectivity index (χ1n) is 15.1. The number of benzene rings is 4. The SMILES string of the molecule is c1ccc(-c2nc(-c3ccccc3)nc(-c3ccc(-c4nc(-c5ncc6ccccc6n5)cc5c4oc4cnccc45)cc3)n2)cc1. The smallest absolute Gasteiger partial charge is 0.178 e. The van der Waals surface area contributed by atoms with Gasteiger partial charge in [0.15, 0.2) is 34.5 Å². The Kier molecular flexibility index (Phi) is 6.28. The number of para-hydroxylation sites is 1. The third-order valence-electron chi connectivity index (χ3n) is 8.09. The Morgan fingerprint density at radius 2 is 1.09 bits per heavy atom. The van der Waals surface area contributed by atoms with E-state index in [0.29, 0.717) is 45.9 Å². The summed E-state index contributed by atoms with van der Waals surface area (Å²) in [5.41, 5.74) is 7.11. The van der Waals surface area contributed by atoms with Gasteiger partial charge in [-0.15, -0.1) is 0 Å². The van der Waals surface area contributed by atoms with E-state index in [1.807, 2.05) is 128 Å². The van der Waals surface area contributed by atoms with Crippen molar-refractivity contribution in [1.29, 1.82) is 0 Å². The summed E-state index contributed by atoms with van der Waals surface area (Å²) >= 11 is 0. The Bertz CT molecular complexity index is 2510. The average Bonchev–Trinajstić information content (AvgIpc) is 3.53. The highest BCUT2D eigenvalue weighted by Gasteiger charge is 2.19. The van der Waals surface area contributed by atoms with Crippen molar-refractivity contribution < 1.29 is 4.42 Å². The summed E-state index contributed by atoms with van der Waals surface area (Å²) in [6.45, 7) is 0. The minimum atomic E-state index is 0.541. The maximum absolute atomic E-state index is 6.34. The van der Waals surface area contributed by atoms with Crippen LogP contribution in [0, 0.1) is 0 Å². The number of pyridine rings is 2. The van der Waals surface area contributed by atoms with Gasteiger partial charge < -0.3 is 4.42 Å².